The van der Waals surface area contributed by atoms with Gasteiger partial charge >= 0.3 is 0 Å². The molecule has 1 saturated heterocycles. The van der Waals surface area contributed by atoms with Crippen LogP contribution in [0.2, 0.25) is 0 Å². The average molecular weight is 340 g/mol. The summed E-state index contributed by atoms with van der Waals surface area (Å²) in [4.78, 5) is 26.6. The summed E-state index contributed by atoms with van der Waals surface area (Å²) in [6.45, 7) is 5.80. The van der Waals surface area contributed by atoms with E-state index in [-0.39, 0.29) is 17.4 Å². The van der Waals surface area contributed by atoms with Crippen molar-refractivity contribution < 1.29 is 23.1 Å². The van der Waals surface area contributed by atoms with E-state index < -0.39 is 23.6 Å². The van der Waals surface area contributed by atoms with Gasteiger partial charge in [0.25, 0.3) is 5.91 Å². The van der Waals surface area contributed by atoms with Crippen molar-refractivity contribution in [2.24, 2.45) is 5.92 Å². The molecule has 0 radical (unpaired) electrons. The number of hydrogen-bond donors (Lipinski definition) is 1. The fraction of sp³-hybridized carbons (Fsp3) is 0.529. The smallest absolute Gasteiger partial charge is 0.252 e. The number of carbonyl (C=O) groups excluding carboxylic acids is 2. The molecule has 132 valence electrons. The van der Waals surface area contributed by atoms with Gasteiger partial charge in [0, 0.05) is 18.7 Å². The molecule has 0 bridgehead atoms. The summed E-state index contributed by atoms with van der Waals surface area (Å²) >= 11 is 0. The Hall–Kier alpha value is -2.02. The lowest BCUT2D eigenvalue weighted by molar-refractivity contribution is -0.137. The number of hydrogen-bond acceptors (Lipinski definition) is 3. The van der Waals surface area contributed by atoms with E-state index in [9.17, 15) is 18.4 Å². The summed E-state index contributed by atoms with van der Waals surface area (Å²) in [7, 11) is 0. The number of nitrogens with one attached hydrogen (secondary N) is 1. The number of morpholine rings is 1. The molecule has 1 fully saturated rings. The molecular formula is C17H22F2N2O3. The summed E-state index contributed by atoms with van der Waals surface area (Å²) < 4.78 is 31.5. The first kappa shape index (κ1) is 18.3. The van der Waals surface area contributed by atoms with E-state index in [4.69, 9.17) is 4.74 Å². The molecule has 1 aromatic carbocycles. The first-order valence-corrected chi connectivity index (χ1v) is 8.01. The number of ether oxygens (including phenoxy) is 1. The van der Waals surface area contributed by atoms with Crippen LogP contribution in [0.15, 0.2) is 18.2 Å². The van der Waals surface area contributed by atoms with Crippen LogP contribution in [0.3, 0.4) is 0 Å². The number of halogens is 2. The summed E-state index contributed by atoms with van der Waals surface area (Å²) in [5.41, 5.74) is -0.0163. The van der Waals surface area contributed by atoms with Crippen LogP contribution in [-0.4, -0.2) is 49.1 Å². The average Bonchev–Trinajstić information content (AvgIpc) is 2.56. The molecule has 0 aromatic heterocycles. The van der Waals surface area contributed by atoms with Crippen molar-refractivity contribution in [1.29, 1.82) is 0 Å². The molecule has 0 saturated carbocycles. The Kier molecular flexibility index (Phi) is 6.25. The van der Waals surface area contributed by atoms with Crippen LogP contribution in [0, 0.1) is 17.6 Å². The van der Waals surface area contributed by atoms with Gasteiger partial charge in [0.1, 0.15) is 6.04 Å². The summed E-state index contributed by atoms with van der Waals surface area (Å²) in [6, 6.07) is 2.21. The lowest BCUT2D eigenvalue weighted by Gasteiger charge is -2.31. The molecule has 0 unspecified atom stereocenters. The molecule has 2 rings (SSSR count). The third kappa shape index (κ3) is 4.74. The van der Waals surface area contributed by atoms with Gasteiger partial charge in [0.05, 0.1) is 13.2 Å². The monoisotopic (exact) mass is 340 g/mol. The zero-order valence-corrected chi connectivity index (χ0v) is 13.9. The Balaban J connectivity index is 2.10. The molecule has 1 aromatic rings. The number of carbonyl (C=O) groups is 2. The Morgan fingerprint density at radius 1 is 1.21 bits per heavy atom. The Morgan fingerprint density at radius 3 is 2.46 bits per heavy atom. The second-order valence-electron chi connectivity index (χ2n) is 6.22. The van der Waals surface area contributed by atoms with E-state index >= 15 is 0 Å². The van der Waals surface area contributed by atoms with E-state index in [0.717, 1.165) is 12.1 Å². The third-order valence-corrected chi connectivity index (χ3v) is 3.82. The van der Waals surface area contributed by atoms with Gasteiger partial charge < -0.3 is 15.0 Å². The number of rotatable bonds is 5. The molecule has 24 heavy (non-hydrogen) atoms. The summed E-state index contributed by atoms with van der Waals surface area (Å²) in [5, 5.41) is 2.65. The molecule has 7 heteroatoms. The molecular weight excluding hydrogens is 318 g/mol. The Bertz CT molecular complexity index is 601. The zero-order chi connectivity index (χ0) is 17.7. The lowest BCUT2D eigenvalue weighted by Crippen LogP contribution is -2.52. The van der Waals surface area contributed by atoms with Gasteiger partial charge in [-0.3, -0.25) is 9.59 Å². The number of benzene rings is 1. The first-order chi connectivity index (χ1) is 11.4. The van der Waals surface area contributed by atoms with Crippen LogP contribution >= 0.6 is 0 Å². The van der Waals surface area contributed by atoms with E-state index in [0.29, 0.717) is 32.7 Å². The van der Waals surface area contributed by atoms with Crippen LogP contribution in [0.1, 0.15) is 30.6 Å². The second kappa shape index (κ2) is 8.19. The molecule has 1 atom stereocenters. The quantitative estimate of drug-likeness (QED) is 0.892. The predicted octanol–water partition coefficient (Wildman–Crippen LogP) is 1.97. The molecule has 1 N–H and O–H groups in total. The van der Waals surface area contributed by atoms with E-state index in [1.807, 2.05) is 13.8 Å². The topological polar surface area (TPSA) is 58.6 Å². The van der Waals surface area contributed by atoms with Gasteiger partial charge in [-0.05, 0) is 30.5 Å². The van der Waals surface area contributed by atoms with Crippen molar-refractivity contribution in [2.75, 3.05) is 26.3 Å². The van der Waals surface area contributed by atoms with Gasteiger partial charge in [-0.1, -0.05) is 13.8 Å². The van der Waals surface area contributed by atoms with E-state index in [1.165, 1.54) is 6.07 Å². The second-order valence-corrected chi connectivity index (χ2v) is 6.22. The molecule has 1 aliphatic rings. The predicted molar refractivity (Wildman–Crippen MR) is 84.5 cm³/mol. The Morgan fingerprint density at radius 2 is 1.88 bits per heavy atom. The van der Waals surface area contributed by atoms with Crippen LogP contribution in [0.4, 0.5) is 8.78 Å². The van der Waals surface area contributed by atoms with Crippen LogP contribution in [0.25, 0.3) is 0 Å². The Labute approximate surface area is 140 Å². The minimum Gasteiger partial charge on any atom is -0.378 e. The molecule has 5 nitrogen and oxygen atoms in total. The van der Waals surface area contributed by atoms with Crippen LogP contribution < -0.4 is 5.32 Å². The van der Waals surface area contributed by atoms with E-state index in [2.05, 4.69) is 5.32 Å². The standard InChI is InChI=1S/C17H22F2N2O3/c1-11(2)9-15(17(23)21-5-7-24-8-6-21)20-16(22)12-3-4-13(18)14(19)10-12/h3-4,10-11,15H,5-9H2,1-2H3,(H,20,22)/t15-/m0/s1. The van der Waals surface area contributed by atoms with Crippen molar-refractivity contribution in [3.63, 3.8) is 0 Å². The fourth-order valence-electron chi connectivity index (χ4n) is 2.58. The van der Waals surface area contributed by atoms with Crippen molar-refractivity contribution in [2.45, 2.75) is 26.3 Å². The van der Waals surface area contributed by atoms with Crippen molar-refractivity contribution in [3.05, 3.63) is 35.4 Å². The largest absolute Gasteiger partial charge is 0.378 e. The highest BCUT2D eigenvalue weighted by atomic mass is 19.2. The molecule has 2 amide bonds. The summed E-state index contributed by atoms with van der Waals surface area (Å²) in [5.74, 6) is -2.70. The normalized spacial score (nSPS) is 16.1. The van der Waals surface area contributed by atoms with Crippen LogP contribution in [0.5, 0.6) is 0 Å². The molecule has 0 spiro atoms. The minimum atomic E-state index is -1.09. The SMILES string of the molecule is CC(C)C[C@H](NC(=O)c1ccc(F)c(F)c1)C(=O)N1CCOCC1. The third-order valence-electron chi connectivity index (χ3n) is 3.82. The first-order valence-electron chi connectivity index (χ1n) is 8.01. The number of amides is 2. The minimum absolute atomic E-state index is 0.0163. The van der Waals surface area contributed by atoms with E-state index in [1.54, 1.807) is 4.90 Å². The van der Waals surface area contributed by atoms with Gasteiger partial charge in [-0.15, -0.1) is 0 Å². The van der Waals surface area contributed by atoms with Gasteiger partial charge in [0.15, 0.2) is 11.6 Å². The maximum absolute atomic E-state index is 13.3. The van der Waals surface area contributed by atoms with Gasteiger partial charge in [-0.2, -0.15) is 0 Å². The highest BCUT2D eigenvalue weighted by molar-refractivity contribution is 5.97. The molecule has 0 aliphatic carbocycles. The van der Waals surface area contributed by atoms with Crippen LogP contribution in [-0.2, 0) is 9.53 Å². The fourth-order valence-corrected chi connectivity index (χ4v) is 2.58. The molecule has 1 aliphatic heterocycles. The highest BCUT2D eigenvalue weighted by Crippen LogP contribution is 2.13. The van der Waals surface area contributed by atoms with Gasteiger partial charge in [-0.25, -0.2) is 8.78 Å². The number of nitrogens with zero attached hydrogens (tertiary/aromatic N) is 1. The van der Waals surface area contributed by atoms with Crippen molar-refractivity contribution in [3.8, 4) is 0 Å². The maximum atomic E-state index is 13.3. The summed E-state index contributed by atoms with van der Waals surface area (Å²) in [6.07, 6.45) is 0.464. The highest BCUT2D eigenvalue weighted by Gasteiger charge is 2.28. The van der Waals surface area contributed by atoms with Crippen molar-refractivity contribution in [1.82, 2.24) is 10.2 Å². The van der Waals surface area contributed by atoms with Crippen molar-refractivity contribution >= 4 is 11.8 Å². The zero-order valence-electron chi connectivity index (χ0n) is 13.9. The molecule has 1 heterocycles. The van der Waals surface area contributed by atoms with Gasteiger partial charge in [0.2, 0.25) is 5.91 Å². The maximum Gasteiger partial charge on any atom is 0.252 e. The lowest BCUT2D eigenvalue weighted by atomic mass is 10.0.